The van der Waals surface area contributed by atoms with Gasteiger partial charge in [0.1, 0.15) is 0 Å². The zero-order chi connectivity index (χ0) is 12.5. The summed E-state index contributed by atoms with van der Waals surface area (Å²) in [7, 11) is 1.54. The Morgan fingerprint density at radius 1 is 1.31 bits per heavy atom. The standard InChI is InChI=1S/C13H20O3/c1-8-6-10(13(3,4)7-14)9(2)12(16-5)11(8)15/h6,14-15H,7H2,1-5H3. The van der Waals surface area contributed by atoms with Crippen molar-refractivity contribution in [3.05, 3.63) is 22.8 Å². The monoisotopic (exact) mass is 224 g/mol. The van der Waals surface area contributed by atoms with E-state index in [9.17, 15) is 10.2 Å². The maximum atomic E-state index is 9.85. The van der Waals surface area contributed by atoms with E-state index in [1.54, 1.807) is 0 Å². The Morgan fingerprint density at radius 3 is 2.31 bits per heavy atom. The van der Waals surface area contributed by atoms with E-state index in [2.05, 4.69) is 0 Å². The van der Waals surface area contributed by atoms with Gasteiger partial charge in [0.25, 0.3) is 0 Å². The molecule has 0 heterocycles. The predicted octanol–water partition coefficient (Wildman–Crippen LogP) is 2.29. The highest BCUT2D eigenvalue weighted by Gasteiger charge is 2.25. The summed E-state index contributed by atoms with van der Waals surface area (Å²) in [6.45, 7) is 7.71. The molecule has 1 aromatic rings. The number of phenols is 1. The van der Waals surface area contributed by atoms with E-state index in [4.69, 9.17) is 4.74 Å². The van der Waals surface area contributed by atoms with Crippen molar-refractivity contribution in [2.24, 2.45) is 0 Å². The first-order valence-corrected chi connectivity index (χ1v) is 5.33. The summed E-state index contributed by atoms with van der Waals surface area (Å²) >= 11 is 0. The molecular formula is C13H20O3. The minimum atomic E-state index is -0.337. The van der Waals surface area contributed by atoms with Gasteiger partial charge in [0.2, 0.25) is 0 Å². The lowest BCUT2D eigenvalue weighted by molar-refractivity contribution is 0.217. The molecule has 3 nitrogen and oxygen atoms in total. The van der Waals surface area contributed by atoms with Gasteiger partial charge in [0.15, 0.2) is 11.5 Å². The molecule has 0 aliphatic heterocycles. The van der Waals surface area contributed by atoms with Crippen LogP contribution in [0, 0.1) is 13.8 Å². The molecule has 0 atom stereocenters. The summed E-state index contributed by atoms with van der Waals surface area (Å²) in [6, 6.07) is 1.91. The molecule has 0 unspecified atom stereocenters. The number of aliphatic hydroxyl groups excluding tert-OH is 1. The summed E-state index contributed by atoms with van der Waals surface area (Å²) in [5.74, 6) is 0.675. The Bertz CT molecular complexity index is 395. The molecule has 0 bridgehead atoms. The van der Waals surface area contributed by atoms with Crippen molar-refractivity contribution in [1.82, 2.24) is 0 Å². The molecule has 3 heteroatoms. The summed E-state index contributed by atoms with van der Waals surface area (Å²) in [6.07, 6.45) is 0. The first-order valence-electron chi connectivity index (χ1n) is 5.33. The highest BCUT2D eigenvalue weighted by molar-refractivity contribution is 5.55. The van der Waals surface area contributed by atoms with Gasteiger partial charge in [0, 0.05) is 5.41 Å². The highest BCUT2D eigenvalue weighted by Crippen LogP contribution is 2.39. The van der Waals surface area contributed by atoms with Crippen LogP contribution in [0.3, 0.4) is 0 Å². The molecule has 0 saturated carbocycles. The van der Waals surface area contributed by atoms with Gasteiger partial charge in [-0.25, -0.2) is 0 Å². The van der Waals surface area contributed by atoms with Crippen LogP contribution in [-0.2, 0) is 5.41 Å². The van der Waals surface area contributed by atoms with Crippen LogP contribution in [0.1, 0.15) is 30.5 Å². The van der Waals surface area contributed by atoms with Crippen molar-refractivity contribution in [2.75, 3.05) is 13.7 Å². The molecule has 0 aromatic heterocycles. The molecule has 0 radical (unpaired) electrons. The summed E-state index contributed by atoms with van der Waals surface area (Å²) in [5, 5.41) is 19.2. The molecule has 0 spiro atoms. The zero-order valence-corrected chi connectivity index (χ0v) is 10.6. The number of methoxy groups -OCH3 is 1. The van der Waals surface area contributed by atoms with E-state index in [1.165, 1.54) is 7.11 Å². The number of aromatic hydroxyl groups is 1. The van der Waals surface area contributed by atoms with Crippen LogP contribution >= 0.6 is 0 Å². The van der Waals surface area contributed by atoms with Gasteiger partial charge < -0.3 is 14.9 Å². The van der Waals surface area contributed by atoms with Crippen LogP contribution in [0.15, 0.2) is 6.07 Å². The van der Waals surface area contributed by atoms with Gasteiger partial charge in [0.05, 0.1) is 13.7 Å². The summed E-state index contributed by atoms with van der Waals surface area (Å²) < 4.78 is 5.21. The second-order valence-corrected chi connectivity index (χ2v) is 4.79. The Kier molecular flexibility index (Phi) is 3.48. The van der Waals surface area contributed by atoms with E-state index < -0.39 is 0 Å². The molecule has 16 heavy (non-hydrogen) atoms. The van der Waals surface area contributed by atoms with Gasteiger partial charge in [-0.15, -0.1) is 0 Å². The fourth-order valence-electron chi connectivity index (χ4n) is 1.91. The van der Waals surface area contributed by atoms with Gasteiger partial charge in [-0.1, -0.05) is 19.9 Å². The molecule has 0 fully saturated rings. The second-order valence-electron chi connectivity index (χ2n) is 4.79. The third kappa shape index (κ3) is 2.00. The minimum absolute atomic E-state index is 0.0568. The molecule has 0 aliphatic carbocycles. The number of hydrogen-bond donors (Lipinski definition) is 2. The Hall–Kier alpha value is -1.22. The Labute approximate surface area is 96.7 Å². The van der Waals surface area contributed by atoms with Gasteiger partial charge in [-0.2, -0.15) is 0 Å². The number of ether oxygens (including phenoxy) is 1. The quantitative estimate of drug-likeness (QED) is 0.828. The fourth-order valence-corrected chi connectivity index (χ4v) is 1.91. The number of phenolic OH excluding ortho intramolecular Hbond substituents is 1. The average molecular weight is 224 g/mol. The first kappa shape index (κ1) is 12.8. The molecule has 0 saturated heterocycles. The molecular weight excluding hydrogens is 204 g/mol. The molecule has 1 rings (SSSR count). The number of aliphatic hydroxyl groups is 1. The number of rotatable bonds is 3. The van der Waals surface area contributed by atoms with E-state index in [0.29, 0.717) is 5.75 Å². The lowest BCUT2D eigenvalue weighted by Crippen LogP contribution is -2.23. The van der Waals surface area contributed by atoms with Crippen molar-refractivity contribution in [1.29, 1.82) is 0 Å². The maximum absolute atomic E-state index is 9.85. The predicted molar refractivity (Wildman–Crippen MR) is 64.2 cm³/mol. The number of benzene rings is 1. The van der Waals surface area contributed by atoms with Gasteiger partial charge >= 0.3 is 0 Å². The second kappa shape index (κ2) is 4.34. The van der Waals surface area contributed by atoms with Crippen molar-refractivity contribution >= 4 is 0 Å². The van der Waals surface area contributed by atoms with Crippen LogP contribution in [0.2, 0.25) is 0 Å². The fraction of sp³-hybridized carbons (Fsp3) is 0.538. The molecule has 0 amide bonds. The van der Waals surface area contributed by atoms with Crippen LogP contribution in [-0.4, -0.2) is 23.9 Å². The molecule has 90 valence electrons. The van der Waals surface area contributed by atoms with Crippen molar-refractivity contribution in [2.45, 2.75) is 33.1 Å². The lowest BCUT2D eigenvalue weighted by atomic mass is 9.81. The van der Waals surface area contributed by atoms with Gasteiger partial charge in [-0.05, 0) is 30.5 Å². The van der Waals surface area contributed by atoms with Crippen LogP contribution in [0.25, 0.3) is 0 Å². The van der Waals surface area contributed by atoms with E-state index in [1.807, 2.05) is 33.8 Å². The minimum Gasteiger partial charge on any atom is -0.504 e. The topological polar surface area (TPSA) is 49.7 Å². The Morgan fingerprint density at radius 2 is 1.88 bits per heavy atom. The van der Waals surface area contributed by atoms with E-state index >= 15 is 0 Å². The maximum Gasteiger partial charge on any atom is 0.163 e. The van der Waals surface area contributed by atoms with Gasteiger partial charge in [-0.3, -0.25) is 0 Å². The number of hydrogen-bond acceptors (Lipinski definition) is 3. The summed E-state index contributed by atoms with van der Waals surface area (Å²) in [5.41, 5.74) is 2.31. The third-order valence-corrected chi connectivity index (χ3v) is 3.02. The smallest absolute Gasteiger partial charge is 0.163 e. The van der Waals surface area contributed by atoms with Crippen molar-refractivity contribution in [3.63, 3.8) is 0 Å². The normalized spacial score (nSPS) is 11.6. The van der Waals surface area contributed by atoms with E-state index in [0.717, 1.165) is 16.7 Å². The third-order valence-electron chi connectivity index (χ3n) is 3.02. The number of aryl methyl sites for hydroxylation is 1. The molecule has 2 N–H and O–H groups in total. The average Bonchev–Trinajstić information content (AvgIpc) is 2.24. The van der Waals surface area contributed by atoms with E-state index in [-0.39, 0.29) is 17.8 Å². The SMILES string of the molecule is COc1c(C)c(C(C)(C)CO)cc(C)c1O. The van der Waals surface area contributed by atoms with Crippen LogP contribution in [0.5, 0.6) is 11.5 Å². The van der Waals surface area contributed by atoms with Crippen molar-refractivity contribution < 1.29 is 14.9 Å². The zero-order valence-electron chi connectivity index (χ0n) is 10.6. The first-order chi connectivity index (χ1) is 7.35. The lowest BCUT2D eigenvalue weighted by Gasteiger charge is -2.26. The van der Waals surface area contributed by atoms with Crippen molar-refractivity contribution in [3.8, 4) is 11.5 Å². The molecule has 0 aliphatic rings. The summed E-state index contributed by atoms with van der Waals surface area (Å²) in [4.78, 5) is 0. The van der Waals surface area contributed by atoms with Crippen LogP contribution < -0.4 is 4.74 Å². The Balaban J connectivity index is 3.49. The molecule has 1 aromatic carbocycles. The highest BCUT2D eigenvalue weighted by atomic mass is 16.5. The van der Waals surface area contributed by atoms with Crippen LogP contribution in [0.4, 0.5) is 0 Å². The largest absolute Gasteiger partial charge is 0.504 e.